The number of imidazole rings is 1. The number of ether oxygens (including phenoxy) is 1. The van der Waals surface area contributed by atoms with Gasteiger partial charge in [0.25, 0.3) is 0 Å². The average molecular weight is 608 g/mol. The van der Waals surface area contributed by atoms with Crippen LogP contribution in [0.1, 0.15) is 42.6 Å². The van der Waals surface area contributed by atoms with Crippen LogP contribution in [0.4, 0.5) is 16.2 Å². The topological polar surface area (TPSA) is 71.3 Å². The van der Waals surface area contributed by atoms with Crippen LogP contribution in [0.3, 0.4) is 0 Å². The zero-order valence-electron chi connectivity index (χ0n) is 21.0. The Bertz CT molecular complexity index is 1160. The van der Waals surface area contributed by atoms with Gasteiger partial charge in [0.05, 0.1) is 24.2 Å². The predicted molar refractivity (Wildman–Crippen MR) is 150 cm³/mol. The number of morpholine rings is 1. The van der Waals surface area contributed by atoms with Crippen molar-refractivity contribution in [1.82, 2.24) is 24.4 Å². The van der Waals surface area contributed by atoms with E-state index in [1.165, 1.54) is 25.7 Å². The van der Waals surface area contributed by atoms with E-state index in [4.69, 9.17) is 14.7 Å². The highest BCUT2D eigenvalue weighted by atomic mass is 127. The molecule has 1 N–H and O–H groups in total. The van der Waals surface area contributed by atoms with Gasteiger partial charge >= 0.3 is 0 Å². The summed E-state index contributed by atoms with van der Waals surface area (Å²) in [5, 5.41) is 3.53. The van der Waals surface area contributed by atoms with Crippen LogP contribution in [0, 0.1) is 5.92 Å². The lowest BCUT2D eigenvalue weighted by molar-refractivity contribution is 0.122. The SMILES string of the molecule is CCN(C)C1CCC(CNc2nc(N3CCOCC3)cc(-n3c(C(F)I)nc4ccccc43)n2)CC1. The molecule has 36 heavy (non-hydrogen) atoms. The second-order valence-corrected chi connectivity index (χ2v) is 10.8. The molecule has 1 aliphatic carbocycles. The molecule has 1 saturated carbocycles. The van der Waals surface area contributed by atoms with Crippen molar-refractivity contribution >= 4 is 45.4 Å². The molecule has 1 aliphatic heterocycles. The number of rotatable bonds is 8. The highest BCUT2D eigenvalue weighted by Gasteiger charge is 2.25. The maximum atomic E-state index is 14.7. The van der Waals surface area contributed by atoms with E-state index in [-0.39, 0.29) is 0 Å². The lowest BCUT2D eigenvalue weighted by Gasteiger charge is -2.34. The van der Waals surface area contributed by atoms with Crippen LogP contribution in [0.5, 0.6) is 0 Å². The molecule has 1 saturated heterocycles. The fourth-order valence-corrected chi connectivity index (χ4v) is 5.70. The molecule has 10 heteroatoms. The molecule has 1 unspecified atom stereocenters. The first-order chi connectivity index (χ1) is 17.5. The molecule has 1 atom stereocenters. The normalized spacial score (nSPS) is 21.8. The number of hydrogen-bond acceptors (Lipinski definition) is 7. The number of fused-ring (bicyclic) bond motifs is 1. The van der Waals surface area contributed by atoms with E-state index in [2.05, 4.69) is 34.1 Å². The molecule has 0 spiro atoms. The van der Waals surface area contributed by atoms with Crippen molar-refractivity contribution in [3.8, 4) is 5.82 Å². The lowest BCUT2D eigenvalue weighted by Crippen LogP contribution is -2.37. The summed E-state index contributed by atoms with van der Waals surface area (Å²) in [7, 11) is 2.22. The first kappa shape index (κ1) is 25.6. The quantitative estimate of drug-likeness (QED) is 0.286. The number of para-hydroxylation sites is 2. The van der Waals surface area contributed by atoms with Crippen molar-refractivity contribution in [3.63, 3.8) is 0 Å². The van der Waals surface area contributed by atoms with Crippen LogP contribution >= 0.6 is 22.6 Å². The standard InChI is InChI=1S/C26H35FIN7O/c1-3-33(2)19-10-8-18(9-11-19)17-29-26-31-22(34-12-14-36-15-13-34)16-23(32-26)35-21-7-5-4-6-20(21)30-25(35)24(27)28/h4-7,16,18-19,24H,3,8-15,17H2,1-2H3,(H,29,31,32). The van der Waals surface area contributed by atoms with E-state index < -0.39 is 4.18 Å². The van der Waals surface area contributed by atoms with E-state index in [1.54, 1.807) is 22.6 Å². The van der Waals surface area contributed by atoms with E-state index in [9.17, 15) is 4.39 Å². The van der Waals surface area contributed by atoms with Gasteiger partial charge in [0.2, 0.25) is 10.1 Å². The molecule has 2 aromatic heterocycles. The lowest BCUT2D eigenvalue weighted by atomic mass is 9.85. The third kappa shape index (κ3) is 5.60. The summed E-state index contributed by atoms with van der Waals surface area (Å²) in [5.41, 5.74) is 1.59. The Hall–Kier alpha value is -2.05. The van der Waals surface area contributed by atoms with Gasteiger partial charge in [-0.15, -0.1) is 0 Å². The minimum Gasteiger partial charge on any atom is -0.378 e. The highest BCUT2D eigenvalue weighted by molar-refractivity contribution is 14.1. The third-order valence-corrected chi connectivity index (χ3v) is 8.09. The number of halogens is 2. The molecule has 5 rings (SSSR count). The van der Waals surface area contributed by atoms with Crippen LogP contribution < -0.4 is 10.2 Å². The largest absolute Gasteiger partial charge is 0.378 e. The van der Waals surface area contributed by atoms with Gasteiger partial charge in [0.15, 0.2) is 5.82 Å². The summed E-state index contributed by atoms with van der Waals surface area (Å²) in [6.07, 6.45) is 4.86. The van der Waals surface area contributed by atoms with Gasteiger partial charge in [0, 0.05) is 31.7 Å². The molecule has 2 fully saturated rings. The molecule has 2 aliphatic rings. The van der Waals surface area contributed by atoms with Gasteiger partial charge in [-0.1, -0.05) is 19.1 Å². The molecule has 8 nitrogen and oxygen atoms in total. The minimum atomic E-state index is -1.26. The molecular weight excluding hydrogens is 572 g/mol. The first-order valence-corrected chi connectivity index (χ1v) is 14.2. The Morgan fingerprint density at radius 2 is 1.83 bits per heavy atom. The van der Waals surface area contributed by atoms with Crippen molar-refractivity contribution in [2.45, 2.75) is 42.8 Å². The zero-order valence-corrected chi connectivity index (χ0v) is 23.2. The molecular formula is C26H35FIN7O. The van der Waals surface area contributed by atoms with Crippen molar-refractivity contribution < 1.29 is 9.13 Å². The molecule has 194 valence electrons. The number of anilines is 2. The van der Waals surface area contributed by atoms with Crippen molar-refractivity contribution in [2.24, 2.45) is 5.92 Å². The monoisotopic (exact) mass is 607 g/mol. The van der Waals surface area contributed by atoms with Crippen molar-refractivity contribution in [1.29, 1.82) is 0 Å². The minimum absolute atomic E-state index is 0.341. The van der Waals surface area contributed by atoms with Crippen LogP contribution in [0.25, 0.3) is 16.9 Å². The number of nitrogens with one attached hydrogen (secondary N) is 1. The van der Waals surface area contributed by atoms with E-state index >= 15 is 0 Å². The fraction of sp³-hybridized carbons (Fsp3) is 0.577. The van der Waals surface area contributed by atoms with Crippen molar-refractivity contribution in [3.05, 3.63) is 36.2 Å². The number of alkyl halides is 2. The van der Waals surface area contributed by atoms with Gasteiger partial charge in [-0.25, -0.2) is 9.37 Å². The smallest absolute Gasteiger partial charge is 0.226 e. The maximum absolute atomic E-state index is 14.7. The molecule has 0 amide bonds. The Morgan fingerprint density at radius 3 is 2.56 bits per heavy atom. The zero-order chi connectivity index (χ0) is 25.1. The Balaban J connectivity index is 1.43. The van der Waals surface area contributed by atoms with Crippen LogP contribution in [0.15, 0.2) is 30.3 Å². The molecule has 0 radical (unpaired) electrons. The van der Waals surface area contributed by atoms with Crippen LogP contribution in [0.2, 0.25) is 0 Å². The molecule has 0 bridgehead atoms. The van der Waals surface area contributed by atoms with Gasteiger partial charge in [-0.2, -0.15) is 9.97 Å². The number of hydrogen-bond donors (Lipinski definition) is 1. The average Bonchev–Trinajstić information content (AvgIpc) is 3.32. The van der Waals surface area contributed by atoms with E-state index in [0.717, 1.165) is 43.0 Å². The molecule has 3 aromatic rings. The highest BCUT2D eigenvalue weighted by Crippen LogP contribution is 2.32. The summed E-state index contributed by atoms with van der Waals surface area (Å²) < 4.78 is 20.8. The van der Waals surface area contributed by atoms with E-state index in [0.29, 0.717) is 42.8 Å². The van der Waals surface area contributed by atoms with Crippen LogP contribution in [-0.4, -0.2) is 76.9 Å². The Morgan fingerprint density at radius 1 is 1.11 bits per heavy atom. The molecule has 1 aromatic carbocycles. The van der Waals surface area contributed by atoms with Crippen LogP contribution in [-0.2, 0) is 4.74 Å². The number of aromatic nitrogens is 4. The van der Waals surface area contributed by atoms with Gasteiger partial charge in [-0.05, 0) is 79.9 Å². The fourth-order valence-electron chi connectivity index (χ4n) is 5.29. The predicted octanol–water partition coefficient (Wildman–Crippen LogP) is 4.98. The van der Waals surface area contributed by atoms with Crippen molar-refractivity contribution in [2.75, 3.05) is 56.7 Å². The second kappa shape index (κ2) is 11.6. The Labute approximate surface area is 225 Å². The maximum Gasteiger partial charge on any atom is 0.226 e. The third-order valence-electron chi connectivity index (χ3n) is 7.53. The van der Waals surface area contributed by atoms with Gasteiger partial charge in [-0.3, -0.25) is 4.57 Å². The number of benzene rings is 1. The summed E-state index contributed by atoms with van der Waals surface area (Å²) >= 11 is 1.77. The van der Waals surface area contributed by atoms with E-state index in [1.807, 2.05) is 34.9 Å². The Kier molecular flexibility index (Phi) is 8.22. The van der Waals surface area contributed by atoms with Gasteiger partial charge in [0.1, 0.15) is 11.6 Å². The first-order valence-electron chi connectivity index (χ1n) is 12.9. The van der Waals surface area contributed by atoms with Gasteiger partial charge < -0.3 is 19.9 Å². The molecule has 3 heterocycles. The summed E-state index contributed by atoms with van der Waals surface area (Å²) in [6.45, 7) is 7.02. The summed E-state index contributed by atoms with van der Waals surface area (Å²) in [4.78, 5) is 19.0. The summed E-state index contributed by atoms with van der Waals surface area (Å²) in [5.74, 6) is 2.97. The number of nitrogens with zero attached hydrogens (tertiary/aromatic N) is 6. The second-order valence-electron chi connectivity index (χ2n) is 9.73. The summed E-state index contributed by atoms with van der Waals surface area (Å²) in [6, 6.07) is 10.4.